The second-order valence-electron chi connectivity index (χ2n) is 8.17. The van der Waals surface area contributed by atoms with Gasteiger partial charge in [0.05, 0.1) is 29.6 Å². The topological polar surface area (TPSA) is 76.0 Å². The van der Waals surface area contributed by atoms with Gasteiger partial charge in [0.25, 0.3) is 0 Å². The lowest BCUT2D eigenvalue weighted by Crippen LogP contribution is -2.17. The Morgan fingerprint density at radius 2 is 2.06 bits per heavy atom. The minimum Gasteiger partial charge on any atom is -0.494 e. The molecule has 0 atom stereocenters. The summed E-state index contributed by atoms with van der Waals surface area (Å²) in [6.45, 7) is 0.585. The van der Waals surface area contributed by atoms with Crippen molar-refractivity contribution in [2.24, 2.45) is 0 Å². The van der Waals surface area contributed by atoms with E-state index in [9.17, 15) is 5.26 Å². The monoisotopic (exact) mass is 426 g/mol. The molecule has 32 heavy (non-hydrogen) atoms. The van der Waals surface area contributed by atoms with E-state index in [1.807, 2.05) is 19.2 Å². The first-order valence-electron chi connectivity index (χ1n) is 11.2. The summed E-state index contributed by atoms with van der Waals surface area (Å²) in [6.07, 6.45) is 8.33. The van der Waals surface area contributed by atoms with Crippen LogP contribution in [0, 0.1) is 11.3 Å². The summed E-state index contributed by atoms with van der Waals surface area (Å²) in [4.78, 5) is 4.15. The Morgan fingerprint density at radius 1 is 1.22 bits per heavy atom. The third-order valence-electron chi connectivity index (χ3n) is 6.26. The van der Waals surface area contributed by atoms with Crippen molar-refractivity contribution in [3.8, 4) is 23.1 Å². The molecule has 0 radical (unpaired) electrons. The number of aromatic nitrogens is 2. The van der Waals surface area contributed by atoms with Crippen LogP contribution in [-0.2, 0) is 6.42 Å². The zero-order valence-electron chi connectivity index (χ0n) is 18.2. The quantitative estimate of drug-likeness (QED) is 0.353. The molecule has 0 bridgehead atoms. The standard InChI is InChI=1S/C26H26N4O2/c1-28-19-9-7-18(8-10-19)26-23(17-27)22-12-11-21(16-24(22)30(26)20-4-2-5-20)31-14-3-6-25-29-13-15-32-25/h7-13,15-16,20,28H,2-6,14H2,1H3. The number of rotatable bonds is 8. The fourth-order valence-corrected chi connectivity index (χ4v) is 4.39. The van der Waals surface area contributed by atoms with Gasteiger partial charge in [0.15, 0.2) is 5.89 Å². The minimum absolute atomic E-state index is 0.416. The third-order valence-corrected chi connectivity index (χ3v) is 6.26. The lowest BCUT2D eigenvalue weighted by Gasteiger charge is -2.30. The van der Waals surface area contributed by atoms with Crippen LogP contribution in [0.4, 0.5) is 5.69 Å². The van der Waals surface area contributed by atoms with Gasteiger partial charge in [-0.15, -0.1) is 0 Å². The van der Waals surface area contributed by atoms with Crippen molar-refractivity contribution in [2.45, 2.75) is 38.1 Å². The summed E-state index contributed by atoms with van der Waals surface area (Å²) in [7, 11) is 1.91. The number of nitrogens with one attached hydrogen (secondary N) is 1. The van der Waals surface area contributed by atoms with E-state index in [1.54, 1.807) is 12.5 Å². The van der Waals surface area contributed by atoms with Crippen LogP contribution in [0.25, 0.3) is 22.2 Å². The maximum Gasteiger partial charge on any atom is 0.194 e. The van der Waals surface area contributed by atoms with Gasteiger partial charge in [0.1, 0.15) is 18.1 Å². The van der Waals surface area contributed by atoms with Crippen LogP contribution in [-0.4, -0.2) is 23.2 Å². The molecule has 1 N–H and O–H groups in total. The number of oxazole rings is 1. The molecule has 0 unspecified atom stereocenters. The van der Waals surface area contributed by atoms with Gasteiger partial charge in [-0.05, 0) is 55.5 Å². The van der Waals surface area contributed by atoms with E-state index in [0.29, 0.717) is 12.6 Å². The molecule has 2 heterocycles. The highest BCUT2D eigenvalue weighted by Gasteiger charge is 2.28. The van der Waals surface area contributed by atoms with E-state index < -0.39 is 0 Å². The van der Waals surface area contributed by atoms with Gasteiger partial charge in [-0.1, -0.05) is 12.1 Å². The molecule has 1 aliphatic rings. The van der Waals surface area contributed by atoms with Gasteiger partial charge in [-0.3, -0.25) is 0 Å². The summed E-state index contributed by atoms with van der Waals surface area (Å²) in [6, 6.07) is 17.3. The van der Waals surface area contributed by atoms with E-state index >= 15 is 0 Å². The van der Waals surface area contributed by atoms with Crippen molar-refractivity contribution in [1.82, 2.24) is 9.55 Å². The van der Waals surface area contributed by atoms with Crippen LogP contribution >= 0.6 is 0 Å². The number of ether oxygens (including phenoxy) is 1. The van der Waals surface area contributed by atoms with Crippen molar-refractivity contribution >= 4 is 16.6 Å². The number of nitriles is 1. The Bertz CT molecular complexity index is 1250. The van der Waals surface area contributed by atoms with Gasteiger partial charge < -0.3 is 19.0 Å². The molecule has 2 aromatic heterocycles. The average molecular weight is 427 g/mol. The molecule has 2 aromatic carbocycles. The number of aryl methyl sites for hydroxylation is 1. The molecular formula is C26H26N4O2. The first-order chi connectivity index (χ1) is 15.8. The Hall–Kier alpha value is -3.72. The van der Waals surface area contributed by atoms with Gasteiger partial charge in [0.2, 0.25) is 0 Å². The molecule has 0 aliphatic heterocycles. The molecule has 0 spiro atoms. The minimum atomic E-state index is 0.416. The molecule has 0 amide bonds. The molecular weight excluding hydrogens is 400 g/mol. The molecule has 1 aliphatic carbocycles. The van der Waals surface area contributed by atoms with Crippen LogP contribution in [0.3, 0.4) is 0 Å². The van der Waals surface area contributed by atoms with Gasteiger partial charge >= 0.3 is 0 Å². The highest BCUT2D eigenvalue weighted by molar-refractivity contribution is 5.95. The average Bonchev–Trinajstić information content (AvgIpc) is 3.42. The number of hydrogen-bond donors (Lipinski definition) is 1. The summed E-state index contributed by atoms with van der Waals surface area (Å²) >= 11 is 0. The van der Waals surface area contributed by atoms with Crippen LogP contribution < -0.4 is 10.1 Å². The number of fused-ring (bicyclic) bond motifs is 1. The number of benzene rings is 2. The first-order valence-corrected chi connectivity index (χ1v) is 11.2. The smallest absolute Gasteiger partial charge is 0.194 e. The molecule has 1 saturated carbocycles. The molecule has 6 nitrogen and oxygen atoms in total. The van der Waals surface area contributed by atoms with Crippen molar-refractivity contribution in [3.05, 3.63) is 66.4 Å². The normalized spacial score (nSPS) is 13.6. The van der Waals surface area contributed by atoms with Crippen LogP contribution in [0.2, 0.25) is 0 Å². The predicted octanol–water partition coefficient (Wildman–Crippen LogP) is 5.95. The largest absolute Gasteiger partial charge is 0.494 e. The van der Waals surface area contributed by atoms with E-state index in [-0.39, 0.29) is 0 Å². The van der Waals surface area contributed by atoms with Gasteiger partial charge in [-0.25, -0.2) is 4.98 Å². The molecule has 0 saturated heterocycles. The highest BCUT2D eigenvalue weighted by Crippen LogP contribution is 2.43. The zero-order chi connectivity index (χ0) is 21.9. The van der Waals surface area contributed by atoms with E-state index in [0.717, 1.165) is 70.7 Å². The first kappa shape index (κ1) is 20.2. The van der Waals surface area contributed by atoms with E-state index in [1.165, 1.54) is 6.42 Å². The third kappa shape index (κ3) is 3.71. The van der Waals surface area contributed by atoms with Crippen molar-refractivity contribution in [1.29, 1.82) is 5.26 Å². The Labute approximate surface area is 187 Å². The maximum absolute atomic E-state index is 10.1. The molecule has 5 rings (SSSR count). The number of nitrogens with zero attached hydrogens (tertiary/aromatic N) is 3. The summed E-state index contributed by atoms with van der Waals surface area (Å²) in [5, 5.41) is 14.2. The lowest BCUT2D eigenvalue weighted by molar-refractivity contribution is 0.304. The predicted molar refractivity (Wildman–Crippen MR) is 125 cm³/mol. The van der Waals surface area contributed by atoms with Crippen LogP contribution in [0.1, 0.15) is 43.2 Å². The summed E-state index contributed by atoms with van der Waals surface area (Å²) in [5.41, 5.74) is 4.94. The van der Waals surface area contributed by atoms with Crippen molar-refractivity contribution < 1.29 is 9.15 Å². The fourth-order valence-electron chi connectivity index (χ4n) is 4.39. The lowest BCUT2D eigenvalue weighted by atomic mass is 9.92. The maximum atomic E-state index is 10.1. The second kappa shape index (κ2) is 8.80. The summed E-state index contributed by atoms with van der Waals surface area (Å²) in [5.74, 6) is 1.56. The van der Waals surface area contributed by atoms with E-state index in [2.05, 4.69) is 51.3 Å². The van der Waals surface area contributed by atoms with Crippen LogP contribution in [0.15, 0.2) is 59.3 Å². The van der Waals surface area contributed by atoms with Crippen molar-refractivity contribution in [3.63, 3.8) is 0 Å². The Balaban J connectivity index is 1.49. The molecule has 4 aromatic rings. The SMILES string of the molecule is CNc1ccc(-c2c(C#N)c3ccc(OCCCc4ncco4)cc3n2C2CCC2)cc1. The molecule has 6 heteroatoms. The Kier molecular flexibility index (Phi) is 5.55. The van der Waals surface area contributed by atoms with Crippen LogP contribution in [0.5, 0.6) is 5.75 Å². The van der Waals surface area contributed by atoms with Crippen molar-refractivity contribution in [2.75, 3.05) is 19.0 Å². The van der Waals surface area contributed by atoms with Gasteiger partial charge in [0, 0.05) is 36.7 Å². The Morgan fingerprint density at radius 3 is 2.72 bits per heavy atom. The van der Waals surface area contributed by atoms with E-state index in [4.69, 9.17) is 9.15 Å². The number of hydrogen-bond acceptors (Lipinski definition) is 5. The second-order valence-corrected chi connectivity index (χ2v) is 8.17. The highest BCUT2D eigenvalue weighted by atomic mass is 16.5. The number of anilines is 1. The fraction of sp³-hybridized carbons (Fsp3) is 0.308. The molecule has 1 fully saturated rings. The zero-order valence-corrected chi connectivity index (χ0v) is 18.2. The molecule has 162 valence electrons. The summed E-state index contributed by atoms with van der Waals surface area (Å²) < 4.78 is 13.7. The van der Waals surface area contributed by atoms with Gasteiger partial charge in [-0.2, -0.15) is 5.26 Å².